The Hall–Kier alpha value is -1.87. The summed E-state index contributed by atoms with van der Waals surface area (Å²) in [5, 5.41) is 2.54. The minimum absolute atomic E-state index is 0.155. The molecule has 3 aliphatic heterocycles. The van der Waals surface area contributed by atoms with E-state index >= 15 is 0 Å². The van der Waals surface area contributed by atoms with Crippen molar-refractivity contribution in [1.29, 1.82) is 0 Å². The van der Waals surface area contributed by atoms with Crippen molar-refractivity contribution >= 4 is 18.0 Å². The molecule has 9 nitrogen and oxygen atoms in total. The first kappa shape index (κ1) is 12.2. The van der Waals surface area contributed by atoms with Crippen LogP contribution in [-0.2, 0) is 14.3 Å². The molecule has 19 heavy (non-hydrogen) atoms. The van der Waals surface area contributed by atoms with Crippen molar-refractivity contribution in [2.45, 2.75) is 11.6 Å². The number of hydrogen-bond acceptors (Lipinski definition) is 5. The molecule has 0 saturated carbocycles. The van der Waals surface area contributed by atoms with Gasteiger partial charge in [0.05, 0.1) is 13.2 Å². The third-order valence-electron chi connectivity index (χ3n) is 3.86. The summed E-state index contributed by atoms with van der Waals surface area (Å²) in [6.07, 6.45) is 0. The van der Waals surface area contributed by atoms with Gasteiger partial charge in [-0.25, -0.2) is 9.59 Å². The van der Waals surface area contributed by atoms with E-state index in [4.69, 9.17) is 9.47 Å². The van der Waals surface area contributed by atoms with Crippen LogP contribution in [0.5, 0.6) is 0 Å². The lowest BCUT2D eigenvalue weighted by molar-refractivity contribution is -0.323. The highest BCUT2D eigenvalue weighted by Crippen LogP contribution is 2.44. The van der Waals surface area contributed by atoms with Gasteiger partial charge < -0.3 is 9.47 Å². The van der Waals surface area contributed by atoms with Gasteiger partial charge in [0.1, 0.15) is 0 Å². The SMILES string of the molecule is CN1C(=O)N(C)C23NC(=O)N(C)C2(OCCO3)C1=O. The van der Waals surface area contributed by atoms with Crippen molar-refractivity contribution in [3.8, 4) is 0 Å². The van der Waals surface area contributed by atoms with E-state index in [9.17, 15) is 14.4 Å². The molecule has 0 aromatic heterocycles. The van der Waals surface area contributed by atoms with Crippen LogP contribution in [0.25, 0.3) is 0 Å². The van der Waals surface area contributed by atoms with Gasteiger partial charge in [-0.05, 0) is 0 Å². The topological polar surface area (TPSA) is 91.4 Å². The van der Waals surface area contributed by atoms with Gasteiger partial charge in [0.2, 0.25) is 0 Å². The number of ether oxygens (including phenoxy) is 2. The largest absolute Gasteiger partial charge is 0.339 e. The molecule has 0 radical (unpaired) electrons. The fourth-order valence-electron chi connectivity index (χ4n) is 2.82. The molecule has 0 spiro atoms. The number of nitrogens with one attached hydrogen (secondary N) is 1. The zero-order valence-electron chi connectivity index (χ0n) is 10.8. The number of urea groups is 2. The minimum atomic E-state index is -1.68. The van der Waals surface area contributed by atoms with Crippen molar-refractivity contribution in [3.63, 3.8) is 0 Å². The van der Waals surface area contributed by atoms with Crippen molar-refractivity contribution in [2.75, 3.05) is 34.4 Å². The van der Waals surface area contributed by atoms with Crippen LogP contribution in [0.2, 0.25) is 0 Å². The average molecular weight is 270 g/mol. The molecule has 1 N–H and O–H groups in total. The molecule has 3 rings (SSSR count). The van der Waals surface area contributed by atoms with E-state index in [1.54, 1.807) is 0 Å². The lowest BCUT2D eigenvalue weighted by Crippen LogP contribution is -2.83. The third kappa shape index (κ3) is 1.06. The number of amides is 5. The Kier molecular flexibility index (Phi) is 2.16. The first-order chi connectivity index (χ1) is 8.88. The number of imide groups is 1. The van der Waals surface area contributed by atoms with Crippen LogP contribution in [0.15, 0.2) is 0 Å². The first-order valence-corrected chi connectivity index (χ1v) is 5.78. The molecule has 0 aliphatic carbocycles. The van der Waals surface area contributed by atoms with Crippen molar-refractivity contribution in [2.24, 2.45) is 0 Å². The van der Waals surface area contributed by atoms with Gasteiger partial charge in [-0.2, -0.15) is 0 Å². The summed E-state index contributed by atoms with van der Waals surface area (Å²) in [4.78, 5) is 39.7. The standard InChI is InChI=1S/C10H14N4O5/c1-12-6(15)9-10(14(3)8(12)17,19-5-4-18-9)11-7(16)13(9)2/h4-5H2,1-3H3,(H,11,16). The molecular weight excluding hydrogens is 256 g/mol. The summed E-state index contributed by atoms with van der Waals surface area (Å²) < 4.78 is 11.2. The second-order valence-electron chi connectivity index (χ2n) is 4.68. The molecule has 3 heterocycles. The molecule has 0 aromatic carbocycles. The molecule has 2 atom stereocenters. The maximum Gasteiger partial charge on any atom is 0.330 e. The van der Waals surface area contributed by atoms with E-state index in [2.05, 4.69) is 5.32 Å². The number of carbonyl (C=O) groups is 3. The van der Waals surface area contributed by atoms with E-state index in [0.717, 1.165) is 9.80 Å². The van der Waals surface area contributed by atoms with Crippen LogP contribution in [0.1, 0.15) is 0 Å². The van der Waals surface area contributed by atoms with Gasteiger partial charge in [-0.3, -0.25) is 24.8 Å². The van der Waals surface area contributed by atoms with Gasteiger partial charge in [0, 0.05) is 21.1 Å². The molecule has 0 bridgehead atoms. The Labute approximate surface area is 109 Å². The molecule has 9 heteroatoms. The number of rotatable bonds is 0. The zero-order valence-corrected chi connectivity index (χ0v) is 10.8. The molecule has 3 aliphatic rings. The summed E-state index contributed by atoms with van der Waals surface area (Å²) in [6, 6.07) is -1.10. The quantitative estimate of drug-likeness (QED) is 0.582. The van der Waals surface area contributed by atoms with Gasteiger partial charge in [0.15, 0.2) is 0 Å². The van der Waals surface area contributed by atoms with Crippen LogP contribution in [0.3, 0.4) is 0 Å². The second-order valence-corrected chi connectivity index (χ2v) is 4.68. The normalized spacial score (nSPS) is 38.3. The van der Waals surface area contributed by atoms with Gasteiger partial charge in [0.25, 0.3) is 17.5 Å². The second kappa shape index (κ2) is 3.36. The lowest BCUT2D eigenvalue weighted by atomic mass is 10.0. The summed E-state index contributed by atoms with van der Waals surface area (Å²) in [6.45, 7) is 0.327. The molecule has 104 valence electrons. The fourth-order valence-corrected chi connectivity index (χ4v) is 2.82. The molecule has 5 amide bonds. The monoisotopic (exact) mass is 270 g/mol. The maximum atomic E-state index is 12.5. The first-order valence-electron chi connectivity index (χ1n) is 5.78. The van der Waals surface area contributed by atoms with Crippen molar-refractivity contribution in [3.05, 3.63) is 0 Å². The predicted octanol–water partition coefficient (Wildman–Crippen LogP) is -1.44. The average Bonchev–Trinajstić information content (AvgIpc) is 2.65. The highest BCUT2D eigenvalue weighted by Gasteiger charge is 2.77. The number of nitrogens with zero attached hydrogens (tertiary/aromatic N) is 3. The van der Waals surface area contributed by atoms with E-state index in [-0.39, 0.29) is 13.2 Å². The molecule has 2 unspecified atom stereocenters. The lowest BCUT2D eigenvalue weighted by Gasteiger charge is -2.54. The highest BCUT2D eigenvalue weighted by atomic mass is 16.6. The molecule has 3 saturated heterocycles. The summed E-state index contributed by atoms with van der Waals surface area (Å²) >= 11 is 0. The van der Waals surface area contributed by atoms with E-state index in [0.29, 0.717) is 0 Å². The maximum absolute atomic E-state index is 12.5. The fraction of sp³-hybridized carbons (Fsp3) is 0.700. The molecular formula is C10H14N4O5. The zero-order chi connectivity index (χ0) is 14.0. The van der Waals surface area contributed by atoms with Crippen LogP contribution in [0.4, 0.5) is 9.59 Å². The van der Waals surface area contributed by atoms with Crippen LogP contribution < -0.4 is 5.32 Å². The smallest absolute Gasteiger partial charge is 0.330 e. The Morgan fingerprint density at radius 3 is 2.37 bits per heavy atom. The Morgan fingerprint density at radius 2 is 1.68 bits per heavy atom. The van der Waals surface area contributed by atoms with Gasteiger partial charge >= 0.3 is 12.1 Å². The Bertz CT molecular complexity index is 496. The Morgan fingerprint density at radius 1 is 1.05 bits per heavy atom. The third-order valence-corrected chi connectivity index (χ3v) is 3.86. The van der Waals surface area contributed by atoms with Crippen molar-refractivity contribution < 1.29 is 23.9 Å². The van der Waals surface area contributed by atoms with Crippen LogP contribution in [0, 0.1) is 0 Å². The van der Waals surface area contributed by atoms with E-state index in [1.807, 2.05) is 0 Å². The Balaban J connectivity index is 2.24. The summed E-state index contributed by atoms with van der Waals surface area (Å²) in [7, 11) is 4.23. The van der Waals surface area contributed by atoms with Gasteiger partial charge in [-0.15, -0.1) is 0 Å². The number of likely N-dealkylation sites (N-methyl/N-ethyl adjacent to an activating group) is 3. The van der Waals surface area contributed by atoms with Gasteiger partial charge in [-0.1, -0.05) is 0 Å². The van der Waals surface area contributed by atoms with E-state index in [1.165, 1.54) is 26.0 Å². The predicted molar refractivity (Wildman–Crippen MR) is 59.6 cm³/mol. The number of carbonyl (C=O) groups excluding carboxylic acids is 3. The highest BCUT2D eigenvalue weighted by molar-refractivity contribution is 6.06. The summed E-state index contributed by atoms with van der Waals surface area (Å²) in [5.41, 5.74) is -1.68. The molecule has 3 fully saturated rings. The van der Waals surface area contributed by atoms with Crippen LogP contribution in [-0.4, -0.2) is 78.6 Å². The minimum Gasteiger partial charge on any atom is -0.339 e. The summed E-state index contributed by atoms with van der Waals surface area (Å²) in [5.74, 6) is -2.24. The van der Waals surface area contributed by atoms with Crippen molar-refractivity contribution in [1.82, 2.24) is 20.0 Å². The number of hydrogen-bond donors (Lipinski definition) is 1. The van der Waals surface area contributed by atoms with Crippen LogP contribution >= 0.6 is 0 Å². The van der Waals surface area contributed by atoms with E-state index < -0.39 is 29.5 Å². The molecule has 0 aromatic rings.